The van der Waals surface area contributed by atoms with E-state index in [0.717, 1.165) is 0 Å². The van der Waals surface area contributed by atoms with E-state index in [1.807, 2.05) is 7.05 Å². The standard InChI is InChI=1S/C4H11N3/c1-6-4-7(2)3-5/h4H,3,5H2,1-2H3. The van der Waals surface area contributed by atoms with Crippen molar-refractivity contribution in [1.82, 2.24) is 4.90 Å². The molecule has 0 aliphatic carbocycles. The molecule has 0 saturated heterocycles. The third-order valence-corrected chi connectivity index (χ3v) is 0.601. The molecule has 0 aromatic heterocycles. The fourth-order valence-corrected chi connectivity index (χ4v) is 0.244. The van der Waals surface area contributed by atoms with Crippen LogP contribution < -0.4 is 5.73 Å². The summed E-state index contributed by atoms with van der Waals surface area (Å²) in [6.07, 6.45) is 1.68. The fraction of sp³-hybridized carbons (Fsp3) is 0.750. The van der Waals surface area contributed by atoms with Crippen LogP contribution in [-0.4, -0.2) is 32.0 Å². The minimum atomic E-state index is 0.525. The van der Waals surface area contributed by atoms with Gasteiger partial charge in [-0.25, -0.2) is 0 Å². The average Bonchev–Trinajstić information content (AvgIpc) is 1.68. The topological polar surface area (TPSA) is 41.6 Å². The van der Waals surface area contributed by atoms with Crippen LogP contribution in [0.5, 0.6) is 0 Å². The minimum Gasteiger partial charge on any atom is -0.353 e. The summed E-state index contributed by atoms with van der Waals surface area (Å²) in [6.45, 7) is 0.525. The zero-order chi connectivity index (χ0) is 5.70. The van der Waals surface area contributed by atoms with Crippen LogP contribution in [0.15, 0.2) is 4.99 Å². The number of aliphatic imine (C=N–C) groups is 1. The van der Waals surface area contributed by atoms with Gasteiger partial charge in [-0.05, 0) is 0 Å². The molecular weight excluding hydrogens is 90.1 g/mol. The Hall–Kier alpha value is -0.570. The summed E-state index contributed by atoms with van der Waals surface area (Å²) in [4.78, 5) is 5.52. The van der Waals surface area contributed by atoms with Crippen LogP contribution >= 0.6 is 0 Å². The van der Waals surface area contributed by atoms with E-state index < -0.39 is 0 Å². The second kappa shape index (κ2) is 3.61. The van der Waals surface area contributed by atoms with Crippen LogP contribution in [-0.2, 0) is 0 Å². The van der Waals surface area contributed by atoms with Crippen LogP contribution in [0.3, 0.4) is 0 Å². The zero-order valence-electron chi connectivity index (χ0n) is 4.76. The van der Waals surface area contributed by atoms with E-state index in [4.69, 9.17) is 5.73 Å². The zero-order valence-corrected chi connectivity index (χ0v) is 4.76. The van der Waals surface area contributed by atoms with Gasteiger partial charge in [0.05, 0.1) is 13.0 Å². The Balaban J connectivity index is 3.16. The monoisotopic (exact) mass is 101 g/mol. The number of nitrogens with two attached hydrogens (primary N) is 1. The van der Waals surface area contributed by atoms with Gasteiger partial charge in [-0.2, -0.15) is 0 Å². The molecule has 7 heavy (non-hydrogen) atoms. The highest BCUT2D eigenvalue weighted by Gasteiger charge is 1.77. The predicted molar refractivity (Wildman–Crippen MR) is 31.2 cm³/mol. The molecule has 0 unspecified atom stereocenters. The number of rotatable bonds is 2. The van der Waals surface area contributed by atoms with Crippen molar-refractivity contribution in [3.05, 3.63) is 0 Å². The quantitative estimate of drug-likeness (QED) is 0.289. The summed E-state index contributed by atoms with van der Waals surface area (Å²) in [5.41, 5.74) is 5.19. The maximum Gasteiger partial charge on any atom is 0.0853 e. The van der Waals surface area contributed by atoms with Crippen molar-refractivity contribution in [1.29, 1.82) is 0 Å². The van der Waals surface area contributed by atoms with E-state index in [-0.39, 0.29) is 0 Å². The molecule has 0 saturated carbocycles. The third-order valence-electron chi connectivity index (χ3n) is 0.601. The largest absolute Gasteiger partial charge is 0.353 e. The van der Waals surface area contributed by atoms with Crippen molar-refractivity contribution < 1.29 is 0 Å². The first-order chi connectivity index (χ1) is 3.31. The van der Waals surface area contributed by atoms with Crippen molar-refractivity contribution >= 4 is 6.34 Å². The lowest BCUT2D eigenvalue weighted by atomic mass is 10.9. The van der Waals surface area contributed by atoms with Gasteiger partial charge in [0, 0.05) is 14.1 Å². The van der Waals surface area contributed by atoms with Crippen LogP contribution in [0.4, 0.5) is 0 Å². The van der Waals surface area contributed by atoms with Gasteiger partial charge in [0.1, 0.15) is 0 Å². The van der Waals surface area contributed by atoms with Gasteiger partial charge in [-0.15, -0.1) is 0 Å². The molecule has 0 atom stereocenters. The summed E-state index contributed by atoms with van der Waals surface area (Å²) < 4.78 is 0. The van der Waals surface area contributed by atoms with E-state index >= 15 is 0 Å². The normalized spacial score (nSPS) is 10.1. The Morgan fingerprint density at radius 3 is 2.57 bits per heavy atom. The van der Waals surface area contributed by atoms with Crippen LogP contribution in [0.1, 0.15) is 0 Å². The lowest BCUT2D eigenvalue weighted by molar-refractivity contribution is 0.536. The third kappa shape index (κ3) is 3.26. The highest BCUT2D eigenvalue weighted by atomic mass is 15.2. The van der Waals surface area contributed by atoms with E-state index in [0.29, 0.717) is 6.67 Å². The van der Waals surface area contributed by atoms with Gasteiger partial charge in [-0.3, -0.25) is 4.99 Å². The van der Waals surface area contributed by atoms with Crippen molar-refractivity contribution in [2.45, 2.75) is 0 Å². The average molecular weight is 101 g/mol. The van der Waals surface area contributed by atoms with Crippen LogP contribution in [0.25, 0.3) is 0 Å². The van der Waals surface area contributed by atoms with Crippen molar-refractivity contribution in [2.75, 3.05) is 20.8 Å². The molecule has 2 N–H and O–H groups in total. The Labute approximate surface area is 43.8 Å². The number of nitrogens with zero attached hydrogens (tertiary/aromatic N) is 2. The minimum absolute atomic E-state index is 0.525. The molecule has 0 radical (unpaired) electrons. The molecule has 0 aliphatic heterocycles. The molecule has 0 amide bonds. The van der Waals surface area contributed by atoms with Gasteiger partial charge in [0.2, 0.25) is 0 Å². The summed E-state index contributed by atoms with van der Waals surface area (Å²) in [5.74, 6) is 0. The summed E-state index contributed by atoms with van der Waals surface area (Å²) in [5, 5.41) is 0. The number of hydrogen-bond donors (Lipinski definition) is 1. The molecule has 3 nitrogen and oxygen atoms in total. The van der Waals surface area contributed by atoms with E-state index in [1.165, 1.54) is 0 Å². The second-order valence-electron chi connectivity index (χ2n) is 1.31. The van der Waals surface area contributed by atoms with Crippen molar-refractivity contribution in [2.24, 2.45) is 10.7 Å². The molecule has 0 aromatic rings. The molecule has 0 bridgehead atoms. The molecule has 0 fully saturated rings. The second-order valence-corrected chi connectivity index (χ2v) is 1.31. The molecule has 42 valence electrons. The SMILES string of the molecule is CN=CN(C)CN. The Morgan fingerprint density at radius 2 is 2.43 bits per heavy atom. The van der Waals surface area contributed by atoms with Gasteiger partial charge in [-0.1, -0.05) is 0 Å². The molecule has 0 heterocycles. The first kappa shape index (κ1) is 6.43. The Morgan fingerprint density at radius 1 is 1.86 bits per heavy atom. The highest BCUT2D eigenvalue weighted by molar-refractivity contribution is 5.53. The van der Waals surface area contributed by atoms with Gasteiger partial charge in [0.15, 0.2) is 0 Å². The maximum atomic E-state index is 5.19. The van der Waals surface area contributed by atoms with E-state index in [1.54, 1.807) is 18.3 Å². The van der Waals surface area contributed by atoms with E-state index in [9.17, 15) is 0 Å². The van der Waals surface area contributed by atoms with Crippen molar-refractivity contribution in [3.8, 4) is 0 Å². The van der Waals surface area contributed by atoms with Gasteiger partial charge < -0.3 is 10.6 Å². The van der Waals surface area contributed by atoms with Crippen LogP contribution in [0.2, 0.25) is 0 Å². The first-order valence-corrected chi connectivity index (χ1v) is 2.14. The van der Waals surface area contributed by atoms with Crippen molar-refractivity contribution in [3.63, 3.8) is 0 Å². The Kier molecular flexibility index (Phi) is 3.32. The molecule has 0 aromatic carbocycles. The maximum absolute atomic E-state index is 5.19. The fourth-order valence-electron chi connectivity index (χ4n) is 0.244. The van der Waals surface area contributed by atoms with Gasteiger partial charge in [0.25, 0.3) is 0 Å². The molecular formula is C4H11N3. The van der Waals surface area contributed by atoms with Gasteiger partial charge >= 0.3 is 0 Å². The molecule has 0 aliphatic rings. The predicted octanol–water partition coefficient (Wildman–Crippen LogP) is -0.508. The summed E-state index contributed by atoms with van der Waals surface area (Å²) in [7, 11) is 3.58. The smallest absolute Gasteiger partial charge is 0.0853 e. The summed E-state index contributed by atoms with van der Waals surface area (Å²) >= 11 is 0. The highest BCUT2D eigenvalue weighted by Crippen LogP contribution is 1.64. The first-order valence-electron chi connectivity index (χ1n) is 2.14. The number of hydrogen-bond acceptors (Lipinski definition) is 2. The molecule has 0 spiro atoms. The molecule has 3 heteroatoms. The lowest BCUT2D eigenvalue weighted by Crippen LogP contribution is -2.23. The Bertz CT molecular complexity index is 60.0. The van der Waals surface area contributed by atoms with E-state index in [2.05, 4.69) is 4.99 Å². The summed E-state index contributed by atoms with van der Waals surface area (Å²) in [6, 6.07) is 0. The molecule has 0 rings (SSSR count). The lowest BCUT2D eigenvalue weighted by Gasteiger charge is -2.05. The van der Waals surface area contributed by atoms with Crippen LogP contribution in [0, 0.1) is 0 Å².